The number of aryl methyl sites for hydroxylation is 1. The van der Waals surface area contributed by atoms with Gasteiger partial charge in [0.05, 0.1) is 22.7 Å². The van der Waals surface area contributed by atoms with Crippen LogP contribution in [0.4, 0.5) is 0 Å². The number of aromatic carboxylic acids is 1. The minimum Gasteiger partial charge on any atom is -0.496 e. The lowest BCUT2D eigenvalue weighted by molar-refractivity contribution is 0.0699. The molecule has 0 aliphatic heterocycles. The SMILES string of the molecule is COc1ccc2c(c(C(=O)O)cn2C)c1Br. The molecule has 2 rings (SSSR count). The van der Waals surface area contributed by atoms with Crippen LogP contribution in [-0.2, 0) is 7.05 Å². The number of nitrogens with zero attached hydrogens (tertiary/aromatic N) is 1. The molecule has 16 heavy (non-hydrogen) atoms. The maximum atomic E-state index is 11.1. The molecule has 0 aliphatic carbocycles. The largest absolute Gasteiger partial charge is 0.496 e. The highest BCUT2D eigenvalue weighted by atomic mass is 79.9. The number of benzene rings is 1. The normalized spacial score (nSPS) is 10.7. The molecule has 1 aromatic heterocycles. The molecule has 5 heteroatoms. The Kier molecular flexibility index (Phi) is 2.63. The summed E-state index contributed by atoms with van der Waals surface area (Å²) < 4.78 is 7.60. The Balaban J connectivity index is 2.89. The van der Waals surface area contributed by atoms with Gasteiger partial charge in [-0.25, -0.2) is 4.79 Å². The highest BCUT2D eigenvalue weighted by molar-refractivity contribution is 9.10. The lowest BCUT2D eigenvalue weighted by atomic mass is 10.1. The third kappa shape index (κ3) is 1.48. The topological polar surface area (TPSA) is 51.5 Å². The van der Waals surface area contributed by atoms with Gasteiger partial charge in [-0.2, -0.15) is 0 Å². The van der Waals surface area contributed by atoms with Crippen molar-refractivity contribution in [1.82, 2.24) is 4.57 Å². The number of methoxy groups -OCH3 is 1. The van der Waals surface area contributed by atoms with Gasteiger partial charge in [0.15, 0.2) is 0 Å². The van der Waals surface area contributed by atoms with Crippen molar-refractivity contribution in [3.8, 4) is 5.75 Å². The number of carboxylic acid groups (broad SMARTS) is 1. The molecule has 84 valence electrons. The Bertz CT molecular complexity index is 574. The summed E-state index contributed by atoms with van der Waals surface area (Å²) in [6, 6.07) is 3.64. The summed E-state index contributed by atoms with van der Waals surface area (Å²) in [5.41, 5.74) is 1.12. The number of fused-ring (bicyclic) bond motifs is 1. The highest BCUT2D eigenvalue weighted by Crippen LogP contribution is 2.35. The van der Waals surface area contributed by atoms with E-state index >= 15 is 0 Å². The summed E-state index contributed by atoms with van der Waals surface area (Å²) in [5.74, 6) is -0.319. The lowest BCUT2D eigenvalue weighted by Gasteiger charge is -2.05. The van der Waals surface area contributed by atoms with E-state index in [-0.39, 0.29) is 5.56 Å². The van der Waals surface area contributed by atoms with E-state index < -0.39 is 5.97 Å². The molecular weight excluding hydrogens is 274 g/mol. The summed E-state index contributed by atoms with van der Waals surface area (Å²) in [6.07, 6.45) is 1.59. The molecule has 1 N–H and O–H groups in total. The van der Waals surface area contributed by atoms with Crippen LogP contribution in [0.2, 0.25) is 0 Å². The van der Waals surface area contributed by atoms with Gasteiger partial charge >= 0.3 is 5.97 Å². The first kappa shape index (κ1) is 11.0. The van der Waals surface area contributed by atoms with Crippen LogP contribution in [0, 0.1) is 0 Å². The molecule has 0 atom stereocenters. The van der Waals surface area contributed by atoms with Crippen molar-refractivity contribution in [1.29, 1.82) is 0 Å². The minimum atomic E-state index is -0.945. The second-order valence-corrected chi connectivity index (χ2v) is 4.23. The molecule has 0 fully saturated rings. The molecule has 0 saturated heterocycles. The number of carboxylic acids is 1. The summed E-state index contributed by atoms with van der Waals surface area (Å²) in [4.78, 5) is 11.1. The number of ether oxygens (including phenoxy) is 1. The number of carbonyl (C=O) groups is 1. The Morgan fingerprint density at radius 2 is 2.19 bits per heavy atom. The number of aromatic nitrogens is 1. The maximum Gasteiger partial charge on any atom is 0.337 e. The second-order valence-electron chi connectivity index (χ2n) is 3.43. The van der Waals surface area contributed by atoms with E-state index in [2.05, 4.69) is 15.9 Å². The van der Waals surface area contributed by atoms with E-state index in [9.17, 15) is 4.79 Å². The molecule has 0 aliphatic rings. The van der Waals surface area contributed by atoms with Gasteiger partial charge in [-0.3, -0.25) is 0 Å². The van der Waals surface area contributed by atoms with E-state index in [0.29, 0.717) is 15.6 Å². The van der Waals surface area contributed by atoms with Crippen molar-refractivity contribution in [2.75, 3.05) is 7.11 Å². The van der Waals surface area contributed by atoms with E-state index in [0.717, 1.165) is 5.52 Å². The zero-order valence-electron chi connectivity index (χ0n) is 8.82. The van der Waals surface area contributed by atoms with Crippen molar-refractivity contribution < 1.29 is 14.6 Å². The van der Waals surface area contributed by atoms with Gasteiger partial charge < -0.3 is 14.4 Å². The van der Waals surface area contributed by atoms with E-state index in [1.54, 1.807) is 23.9 Å². The van der Waals surface area contributed by atoms with Crippen molar-refractivity contribution in [2.45, 2.75) is 0 Å². The minimum absolute atomic E-state index is 0.267. The van der Waals surface area contributed by atoms with Gasteiger partial charge in [0.2, 0.25) is 0 Å². The van der Waals surface area contributed by atoms with E-state index in [1.165, 1.54) is 0 Å². The maximum absolute atomic E-state index is 11.1. The van der Waals surface area contributed by atoms with Crippen LogP contribution in [0.5, 0.6) is 5.75 Å². The van der Waals surface area contributed by atoms with Crippen LogP contribution >= 0.6 is 15.9 Å². The standard InChI is InChI=1S/C11H10BrNO3/c1-13-5-6(11(14)15)9-7(13)3-4-8(16-2)10(9)12/h3-5H,1-2H3,(H,14,15). The molecule has 0 unspecified atom stereocenters. The Labute approximate surface area is 101 Å². The summed E-state index contributed by atoms with van der Waals surface area (Å²) in [6.45, 7) is 0. The molecule has 0 saturated carbocycles. The average molecular weight is 284 g/mol. The van der Waals surface area contributed by atoms with Crippen LogP contribution in [0.1, 0.15) is 10.4 Å². The predicted octanol–water partition coefficient (Wildman–Crippen LogP) is 2.65. The van der Waals surface area contributed by atoms with Crippen LogP contribution in [-0.4, -0.2) is 22.8 Å². The fourth-order valence-corrected chi connectivity index (χ4v) is 2.46. The Hall–Kier alpha value is -1.49. The van der Waals surface area contributed by atoms with Crippen molar-refractivity contribution in [3.05, 3.63) is 28.4 Å². The van der Waals surface area contributed by atoms with Gasteiger partial charge in [0.1, 0.15) is 5.75 Å². The van der Waals surface area contributed by atoms with Crippen molar-refractivity contribution in [3.63, 3.8) is 0 Å². The first-order valence-electron chi connectivity index (χ1n) is 4.61. The Morgan fingerprint density at radius 1 is 1.50 bits per heavy atom. The number of hydrogen-bond acceptors (Lipinski definition) is 2. The summed E-state index contributed by atoms with van der Waals surface area (Å²) in [5, 5.41) is 9.77. The zero-order chi connectivity index (χ0) is 11.9. The van der Waals surface area contributed by atoms with Gasteiger partial charge in [0.25, 0.3) is 0 Å². The molecule has 1 heterocycles. The van der Waals surface area contributed by atoms with Crippen LogP contribution in [0.15, 0.2) is 22.8 Å². The number of rotatable bonds is 2. The lowest BCUT2D eigenvalue weighted by Crippen LogP contribution is -1.95. The molecule has 0 bridgehead atoms. The van der Waals surface area contributed by atoms with Crippen molar-refractivity contribution >= 4 is 32.8 Å². The van der Waals surface area contributed by atoms with E-state index in [1.807, 2.05) is 13.1 Å². The summed E-state index contributed by atoms with van der Waals surface area (Å²) >= 11 is 3.37. The van der Waals surface area contributed by atoms with Crippen LogP contribution in [0.3, 0.4) is 0 Å². The van der Waals surface area contributed by atoms with E-state index in [4.69, 9.17) is 9.84 Å². The average Bonchev–Trinajstić information content (AvgIpc) is 2.58. The fraction of sp³-hybridized carbons (Fsp3) is 0.182. The molecular formula is C11H10BrNO3. The first-order valence-corrected chi connectivity index (χ1v) is 5.40. The van der Waals surface area contributed by atoms with Crippen LogP contribution < -0.4 is 4.74 Å². The molecule has 0 radical (unpaired) electrons. The second kappa shape index (κ2) is 3.83. The fourth-order valence-electron chi connectivity index (χ4n) is 1.74. The third-order valence-corrected chi connectivity index (χ3v) is 3.29. The van der Waals surface area contributed by atoms with Gasteiger partial charge in [-0.1, -0.05) is 0 Å². The number of hydrogen-bond donors (Lipinski definition) is 1. The van der Waals surface area contributed by atoms with Gasteiger partial charge in [0, 0.05) is 18.6 Å². The zero-order valence-corrected chi connectivity index (χ0v) is 10.4. The first-order chi connectivity index (χ1) is 7.56. The van der Waals surface area contributed by atoms with Crippen molar-refractivity contribution in [2.24, 2.45) is 7.05 Å². The van der Waals surface area contributed by atoms with Gasteiger partial charge in [-0.05, 0) is 28.1 Å². The Morgan fingerprint density at radius 3 is 2.75 bits per heavy atom. The molecule has 0 spiro atoms. The van der Waals surface area contributed by atoms with Gasteiger partial charge in [-0.15, -0.1) is 0 Å². The quantitative estimate of drug-likeness (QED) is 0.922. The molecule has 1 aromatic carbocycles. The highest BCUT2D eigenvalue weighted by Gasteiger charge is 2.17. The predicted molar refractivity (Wildman–Crippen MR) is 64.1 cm³/mol. The number of halogens is 1. The molecule has 4 nitrogen and oxygen atoms in total. The smallest absolute Gasteiger partial charge is 0.337 e. The third-order valence-electron chi connectivity index (χ3n) is 2.51. The van der Waals surface area contributed by atoms with Crippen LogP contribution in [0.25, 0.3) is 10.9 Å². The molecule has 0 amide bonds. The molecule has 2 aromatic rings. The summed E-state index contributed by atoms with van der Waals surface area (Å²) in [7, 11) is 3.36. The monoisotopic (exact) mass is 283 g/mol.